The molecular weight excluding hydrogens is 583 g/mol. The van der Waals surface area contributed by atoms with Crippen molar-refractivity contribution in [2.75, 3.05) is 4.90 Å². The second-order valence-corrected chi connectivity index (χ2v) is 13.3. The van der Waals surface area contributed by atoms with Gasteiger partial charge >= 0.3 is 7.25 Å². The molecule has 2 nitrogen and oxygen atoms in total. The van der Waals surface area contributed by atoms with Gasteiger partial charge in [-0.2, -0.15) is 0 Å². The van der Waals surface area contributed by atoms with Gasteiger partial charge in [0.25, 0.3) is 0 Å². The summed E-state index contributed by atoms with van der Waals surface area (Å²) >= 11 is 0. The SMILES string of the molecule is CC(C)c1cccc(C(C)C)c1N1C=[N+](c2c(C(C)C)cccc2C(C)C)[C@H](c2ccccc2)[C@H]1c1ccccc1.F[B-](F)(F)F. The Morgan fingerprint density at radius 1 is 0.522 bits per heavy atom. The van der Waals surface area contributed by atoms with E-state index in [1.807, 2.05) is 0 Å². The third-order valence-electron chi connectivity index (χ3n) is 8.63. The standard InChI is InChI=1S/C39H47N2.BF4/c1-26(2)32-21-15-22-33(27(3)4)38(32)40-25-41(39-34(28(5)6)23-16-24-35(39)29(7)8)37(31-19-13-10-14-20-31)36(40)30-17-11-9-12-18-30;2-1(3,4)5/h9-29,36-37H,1-8H3;/q+1;-1/t36-,37-;/m1./s1. The van der Waals surface area contributed by atoms with Crippen LogP contribution in [0.1, 0.15) is 125 Å². The summed E-state index contributed by atoms with van der Waals surface area (Å²) in [6.45, 7) is 18.6. The highest BCUT2D eigenvalue weighted by atomic mass is 19.5. The molecule has 2 atom stereocenters. The minimum atomic E-state index is -6.00. The van der Waals surface area contributed by atoms with Crippen LogP contribution in [0.5, 0.6) is 0 Å². The molecule has 0 aliphatic carbocycles. The molecule has 7 heteroatoms. The number of halogens is 4. The van der Waals surface area contributed by atoms with Crippen molar-refractivity contribution < 1.29 is 21.8 Å². The molecule has 0 bridgehead atoms. The summed E-state index contributed by atoms with van der Waals surface area (Å²) in [7, 11) is -6.00. The van der Waals surface area contributed by atoms with Crippen molar-refractivity contribution in [3.8, 4) is 0 Å². The lowest BCUT2D eigenvalue weighted by molar-refractivity contribution is -0.482. The quantitative estimate of drug-likeness (QED) is 0.107. The normalized spacial score (nSPS) is 16.7. The summed E-state index contributed by atoms with van der Waals surface area (Å²) in [4.78, 5) is 2.62. The summed E-state index contributed by atoms with van der Waals surface area (Å²) in [6, 6.07) is 36.4. The van der Waals surface area contributed by atoms with Crippen molar-refractivity contribution in [3.63, 3.8) is 0 Å². The minimum Gasteiger partial charge on any atom is -0.418 e. The van der Waals surface area contributed by atoms with E-state index in [9.17, 15) is 17.3 Å². The topological polar surface area (TPSA) is 6.25 Å². The van der Waals surface area contributed by atoms with Gasteiger partial charge in [-0.3, -0.25) is 0 Å². The first-order valence-electron chi connectivity index (χ1n) is 16.3. The van der Waals surface area contributed by atoms with Crippen LogP contribution in [0.2, 0.25) is 0 Å². The van der Waals surface area contributed by atoms with Crippen molar-refractivity contribution in [1.29, 1.82) is 0 Å². The first-order chi connectivity index (χ1) is 21.7. The van der Waals surface area contributed by atoms with Gasteiger partial charge in [-0.1, -0.05) is 152 Å². The fourth-order valence-electron chi connectivity index (χ4n) is 6.58. The lowest BCUT2D eigenvalue weighted by Crippen LogP contribution is -2.28. The van der Waals surface area contributed by atoms with E-state index in [0.29, 0.717) is 23.7 Å². The molecule has 1 heterocycles. The Kier molecular flexibility index (Phi) is 11.2. The van der Waals surface area contributed by atoms with Gasteiger partial charge in [0.15, 0.2) is 12.1 Å². The second kappa shape index (κ2) is 14.7. The molecule has 1 aliphatic rings. The molecule has 46 heavy (non-hydrogen) atoms. The van der Waals surface area contributed by atoms with Gasteiger partial charge in [0.2, 0.25) is 6.34 Å². The molecule has 0 spiro atoms. The first-order valence-corrected chi connectivity index (χ1v) is 16.3. The Morgan fingerprint density at radius 2 is 0.891 bits per heavy atom. The molecule has 4 aromatic rings. The van der Waals surface area contributed by atoms with Gasteiger partial charge < -0.3 is 17.3 Å². The Balaban J connectivity index is 0.000000892. The molecule has 0 radical (unpaired) electrons. The molecule has 1 aliphatic heterocycles. The zero-order valence-electron chi connectivity index (χ0n) is 28.3. The van der Waals surface area contributed by atoms with E-state index in [0.717, 1.165) is 0 Å². The number of nitrogens with zero attached hydrogens (tertiary/aromatic N) is 2. The summed E-state index contributed by atoms with van der Waals surface area (Å²) in [6.07, 6.45) is 2.45. The van der Waals surface area contributed by atoms with Crippen molar-refractivity contribution in [2.45, 2.75) is 91.1 Å². The van der Waals surface area contributed by atoms with E-state index >= 15 is 0 Å². The third kappa shape index (κ3) is 7.91. The fraction of sp³-hybridized carbons (Fsp3) is 0.359. The Bertz CT molecular complexity index is 1550. The van der Waals surface area contributed by atoms with E-state index in [1.165, 1.54) is 44.8 Å². The predicted molar refractivity (Wildman–Crippen MR) is 186 cm³/mol. The van der Waals surface area contributed by atoms with Crippen LogP contribution in [-0.4, -0.2) is 18.2 Å². The number of rotatable bonds is 8. The lowest BCUT2D eigenvalue weighted by atomic mass is 9.87. The van der Waals surface area contributed by atoms with Gasteiger partial charge in [-0.25, -0.2) is 9.48 Å². The predicted octanol–water partition coefficient (Wildman–Crippen LogP) is 12.2. The molecule has 0 N–H and O–H groups in total. The monoisotopic (exact) mass is 630 g/mol. The van der Waals surface area contributed by atoms with E-state index in [-0.39, 0.29) is 12.1 Å². The molecule has 244 valence electrons. The summed E-state index contributed by atoms with van der Waals surface area (Å²) in [5.41, 5.74) is 11.0. The van der Waals surface area contributed by atoms with E-state index < -0.39 is 7.25 Å². The Labute approximate surface area is 272 Å². The van der Waals surface area contributed by atoms with Crippen LogP contribution in [0.3, 0.4) is 0 Å². The number of anilines is 1. The molecule has 0 aromatic heterocycles. The van der Waals surface area contributed by atoms with Crippen molar-refractivity contribution in [3.05, 3.63) is 130 Å². The van der Waals surface area contributed by atoms with Gasteiger partial charge in [-0.15, -0.1) is 0 Å². The van der Waals surface area contributed by atoms with Crippen LogP contribution in [0.25, 0.3) is 0 Å². The highest BCUT2D eigenvalue weighted by Gasteiger charge is 2.48. The third-order valence-corrected chi connectivity index (χ3v) is 8.63. The average Bonchev–Trinajstić information content (AvgIpc) is 3.40. The Morgan fingerprint density at radius 3 is 1.28 bits per heavy atom. The smallest absolute Gasteiger partial charge is 0.418 e. The number of hydrogen-bond acceptors (Lipinski definition) is 1. The lowest BCUT2D eigenvalue weighted by Gasteiger charge is -2.29. The maximum absolute atomic E-state index is 9.75. The van der Waals surface area contributed by atoms with Gasteiger partial charge in [0.05, 0.1) is 0 Å². The highest BCUT2D eigenvalue weighted by molar-refractivity contribution is 6.50. The summed E-state index contributed by atoms with van der Waals surface area (Å²) < 4.78 is 41.6. The van der Waals surface area contributed by atoms with Gasteiger partial charge in [0, 0.05) is 33.4 Å². The van der Waals surface area contributed by atoms with E-state index in [1.54, 1.807) is 0 Å². The largest absolute Gasteiger partial charge is 0.673 e. The zero-order valence-corrected chi connectivity index (χ0v) is 28.3. The number of benzene rings is 4. The van der Waals surface area contributed by atoms with Crippen LogP contribution >= 0.6 is 0 Å². The number of hydrogen-bond donors (Lipinski definition) is 0. The fourth-order valence-corrected chi connectivity index (χ4v) is 6.58. The highest BCUT2D eigenvalue weighted by Crippen LogP contribution is 2.50. The molecule has 0 fully saturated rings. The maximum Gasteiger partial charge on any atom is 0.673 e. The average molecular weight is 631 g/mol. The molecule has 0 saturated carbocycles. The van der Waals surface area contributed by atoms with Crippen LogP contribution in [0, 0.1) is 0 Å². The summed E-state index contributed by atoms with van der Waals surface area (Å²) in [5, 5.41) is 0. The zero-order chi connectivity index (χ0) is 33.8. The van der Waals surface area contributed by atoms with Crippen LogP contribution in [0.15, 0.2) is 97.1 Å². The minimum absolute atomic E-state index is 0.108. The molecule has 0 amide bonds. The van der Waals surface area contributed by atoms with E-state index in [4.69, 9.17) is 0 Å². The van der Waals surface area contributed by atoms with Crippen LogP contribution < -0.4 is 4.90 Å². The molecule has 0 saturated heterocycles. The van der Waals surface area contributed by atoms with Crippen LogP contribution in [0.4, 0.5) is 28.6 Å². The molecule has 0 unspecified atom stereocenters. The van der Waals surface area contributed by atoms with E-state index in [2.05, 4.69) is 168 Å². The molecule has 5 rings (SSSR count). The maximum atomic E-state index is 9.75. The van der Waals surface area contributed by atoms with Gasteiger partial charge in [-0.05, 0) is 23.7 Å². The van der Waals surface area contributed by atoms with Crippen molar-refractivity contribution >= 4 is 25.0 Å². The molecule has 4 aromatic carbocycles. The summed E-state index contributed by atoms with van der Waals surface area (Å²) in [5.74, 6) is 1.64. The Hall–Kier alpha value is -3.87. The molecular formula is C39H47BF4N2. The first kappa shape index (κ1) is 35.0. The van der Waals surface area contributed by atoms with Crippen molar-refractivity contribution in [1.82, 2.24) is 0 Å². The van der Waals surface area contributed by atoms with Gasteiger partial charge in [0.1, 0.15) is 11.4 Å². The van der Waals surface area contributed by atoms with Crippen molar-refractivity contribution in [2.24, 2.45) is 0 Å². The van der Waals surface area contributed by atoms with Crippen LogP contribution in [-0.2, 0) is 0 Å². The number of para-hydroxylation sites is 2. The second-order valence-electron chi connectivity index (χ2n) is 13.3.